The molecule has 1 nitrogen and oxygen atoms in total. The molecule has 0 spiro atoms. The van der Waals surface area contributed by atoms with Crippen LogP contribution in [0.3, 0.4) is 0 Å². The average molecular weight is 353 g/mol. The molecule has 26 heavy (non-hydrogen) atoms. The molecule has 0 atom stereocenters. The van der Waals surface area contributed by atoms with Crippen LogP contribution in [0.15, 0.2) is 78.9 Å². The predicted octanol–water partition coefficient (Wildman–Crippen LogP) is 6.67. The minimum atomic E-state index is -2.01. The van der Waals surface area contributed by atoms with E-state index in [0.717, 1.165) is 5.75 Å². The van der Waals surface area contributed by atoms with Crippen LogP contribution in [-0.2, 0) is 0 Å². The lowest BCUT2D eigenvalue weighted by molar-refractivity contribution is 0.562. The topological polar surface area (TPSA) is 9.23 Å². The van der Waals surface area contributed by atoms with E-state index in [1.807, 2.05) is 0 Å². The van der Waals surface area contributed by atoms with Gasteiger partial charge in [0, 0.05) is 5.56 Å². The van der Waals surface area contributed by atoms with Gasteiger partial charge in [-0.05, 0) is 63.6 Å². The van der Waals surface area contributed by atoms with Crippen LogP contribution in [-0.4, -0.2) is 8.32 Å². The van der Waals surface area contributed by atoms with E-state index >= 15 is 0 Å². The Labute approximate surface area is 154 Å². The third-order valence-corrected chi connectivity index (χ3v) is 7.73. The second kappa shape index (κ2) is 5.58. The van der Waals surface area contributed by atoms with E-state index in [1.165, 1.54) is 37.9 Å². The number of fused-ring (bicyclic) bond motifs is 4. The first kappa shape index (κ1) is 15.4. The fourth-order valence-corrected chi connectivity index (χ4v) is 6.16. The zero-order valence-electron chi connectivity index (χ0n) is 15.0. The van der Waals surface area contributed by atoms with Gasteiger partial charge in [0.1, 0.15) is 5.75 Å². The highest BCUT2D eigenvalue weighted by Crippen LogP contribution is 2.41. The summed E-state index contributed by atoms with van der Waals surface area (Å²) in [5.41, 5.74) is 2.45. The van der Waals surface area contributed by atoms with Crippen molar-refractivity contribution >= 4 is 41.1 Å². The molecule has 0 bridgehead atoms. The first-order valence-corrected chi connectivity index (χ1v) is 11.9. The van der Waals surface area contributed by atoms with E-state index < -0.39 is 8.32 Å². The largest absolute Gasteiger partial charge is 0.539 e. The minimum absolute atomic E-state index is 1.02. The van der Waals surface area contributed by atoms with Crippen molar-refractivity contribution in [3.05, 3.63) is 90.0 Å². The Bertz CT molecular complexity index is 1170. The molecule has 2 heteroatoms. The molecule has 126 valence electrons. The molecule has 0 saturated heterocycles. The van der Waals surface area contributed by atoms with E-state index in [1.54, 1.807) is 0 Å². The molecule has 1 aliphatic heterocycles. The third-order valence-electron chi connectivity index (χ3n) is 5.27. The number of benzene rings is 4. The molecule has 0 aromatic heterocycles. The van der Waals surface area contributed by atoms with Crippen LogP contribution in [0.25, 0.3) is 32.8 Å². The molecule has 0 unspecified atom stereocenters. The predicted molar refractivity (Wildman–Crippen MR) is 114 cm³/mol. The van der Waals surface area contributed by atoms with E-state index in [0.29, 0.717) is 0 Å². The summed E-state index contributed by atoms with van der Waals surface area (Å²) in [6.07, 6.45) is 2.34. The molecular weight excluding hydrogens is 332 g/mol. The first-order valence-electron chi connectivity index (χ1n) is 9.04. The maximum Gasteiger partial charge on any atom is 0.277 e. The Hall–Kier alpha value is -2.84. The quantitative estimate of drug-likeness (QED) is 0.274. The van der Waals surface area contributed by atoms with Crippen LogP contribution in [0.1, 0.15) is 11.1 Å². The van der Waals surface area contributed by atoms with Crippen molar-refractivity contribution in [1.82, 2.24) is 0 Å². The summed E-state index contributed by atoms with van der Waals surface area (Å²) in [5.74, 6) is 1.02. The van der Waals surface area contributed by atoms with Gasteiger partial charge >= 0.3 is 0 Å². The minimum Gasteiger partial charge on any atom is -0.539 e. The van der Waals surface area contributed by atoms with Gasteiger partial charge in [-0.1, -0.05) is 66.7 Å². The molecule has 1 heterocycles. The summed E-state index contributed by atoms with van der Waals surface area (Å²) in [7, 11) is -2.01. The second-order valence-corrected chi connectivity index (χ2v) is 11.2. The van der Waals surface area contributed by atoms with Crippen LogP contribution in [0.4, 0.5) is 0 Å². The monoisotopic (exact) mass is 352 g/mol. The molecule has 0 aliphatic carbocycles. The van der Waals surface area contributed by atoms with Gasteiger partial charge in [-0.15, -0.1) is 0 Å². The zero-order valence-corrected chi connectivity index (χ0v) is 16.0. The van der Waals surface area contributed by atoms with Gasteiger partial charge in [0.05, 0.1) is 0 Å². The maximum atomic E-state index is 6.61. The Morgan fingerprint density at radius 3 is 2.27 bits per heavy atom. The van der Waals surface area contributed by atoms with Gasteiger partial charge in [0.25, 0.3) is 8.32 Å². The lowest BCUT2D eigenvalue weighted by Gasteiger charge is -2.32. The SMILES string of the molecule is C[Si]1(C)Oc2cc3c(ccc4ccccc43)cc2C=C1c1ccccc1. The number of hydrogen-bond acceptors (Lipinski definition) is 1. The van der Waals surface area contributed by atoms with Crippen molar-refractivity contribution in [2.45, 2.75) is 13.1 Å². The average Bonchev–Trinajstić information content (AvgIpc) is 2.66. The van der Waals surface area contributed by atoms with Crippen molar-refractivity contribution < 1.29 is 4.43 Å². The van der Waals surface area contributed by atoms with Gasteiger partial charge < -0.3 is 4.43 Å². The smallest absolute Gasteiger partial charge is 0.277 e. The van der Waals surface area contributed by atoms with E-state index in [2.05, 4.69) is 98.0 Å². The first-order chi connectivity index (χ1) is 12.6. The third kappa shape index (κ3) is 2.38. The van der Waals surface area contributed by atoms with Gasteiger partial charge in [-0.2, -0.15) is 0 Å². The van der Waals surface area contributed by atoms with E-state index in [4.69, 9.17) is 4.43 Å². The van der Waals surface area contributed by atoms with Gasteiger partial charge in [-0.3, -0.25) is 0 Å². The fourth-order valence-electron chi connectivity index (χ4n) is 3.96. The maximum absolute atomic E-state index is 6.61. The highest BCUT2D eigenvalue weighted by molar-refractivity contribution is 6.91. The van der Waals surface area contributed by atoms with Crippen molar-refractivity contribution in [2.75, 3.05) is 0 Å². The van der Waals surface area contributed by atoms with Crippen molar-refractivity contribution in [3.63, 3.8) is 0 Å². The Balaban J connectivity index is 1.77. The Kier molecular flexibility index (Phi) is 3.31. The highest BCUT2D eigenvalue weighted by atomic mass is 28.4. The molecule has 0 fully saturated rings. The fraction of sp³-hybridized carbons (Fsp3) is 0.0833. The molecule has 1 aliphatic rings. The normalized spacial score (nSPS) is 15.4. The Morgan fingerprint density at radius 1 is 0.692 bits per heavy atom. The summed E-state index contributed by atoms with van der Waals surface area (Å²) in [6.45, 7) is 4.56. The molecule has 4 aromatic carbocycles. The Morgan fingerprint density at radius 2 is 1.42 bits per heavy atom. The second-order valence-electron chi connectivity index (χ2n) is 7.43. The van der Waals surface area contributed by atoms with E-state index in [-0.39, 0.29) is 0 Å². The van der Waals surface area contributed by atoms with Crippen molar-refractivity contribution in [3.8, 4) is 5.75 Å². The van der Waals surface area contributed by atoms with Gasteiger partial charge in [-0.25, -0.2) is 0 Å². The summed E-state index contributed by atoms with van der Waals surface area (Å²) in [4.78, 5) is 0. The van der Waals surface area contributed by atoms with Crippen molar-refractivity contribution in [1.29, 1.82) is 0 Å². The van der Waals surface area contributed by atoms with Crippen LogP contribution in [0.5, 0.6) is 5.75 Å². The molecule has 0 amide bonds. The van der Waals surface area contributed by atoms with Crippen LogP contribution in [0.2, 0.25) is 13.1 Å². The number of rotatable bonds is 1. The summed E-state index contributed by atoms with van der Waals surface area (Å²) < 4.78 is 6.61. The van der Waals surface area contributed by atoms with Crippen LogP contribution < -0.4 is 4.43 Å². The number of hydrogen-bond donors (Lipinski definition) is 0. The molecule has 0 radical (unpaired) electrons. The zero-order chi connectivity index (χ0) is 17.7. The molecular formula is C24H20OSi. The summed E-state index contributed by atoms with van der Waals surface area (Å²) in [5, 5.41) is 6.44. The van der Waals surface area contributed by atoms with Crippen LogP contribution in [0, 0.1) is 0 Å². The summed E-state index contributed by atoms with van der Waals surface area (Å²) >= 11 is 0. The highest BCUT2D eigenvalue weighted by Gasteiger charge is 2.35. The molecule has 4 aromatic rings. The molecule has 5 rings (SSSR count). The molecule has 0 N–H and O–H groups in total. The lowest BCUT2D eigenvalue weighted by atomic mass is 9.99. The van der Waals surface area contributed by atoms with Gasteiger partial charge in [0.2, 0.25) is 0 Å². The van der Waals surface area contributed by atoms with Crippen LogP contribution >= 0.6 is 0 Å². The van der Waals surface area contributed by atoms with Crippen molar-refractivity contribution in [2.24, 2.45) is 0 Å². The summed E-state index contributed by atoms with van der Waals surface area (Å²) in [6, 6.07) is 28.1. The van der Waals surface area contributed by atoms with E-state index in [9.17, 15) is 0 Å². The standard InChI is InChI=1S/C24H20OSi/c1-26(2)24(18-9-4-3-5-10-18)15-20-14-19-13-12-17-8-6-7-11-21(17)22(19)16-23(20)25-26/h3-16H,1-2H3. The molecule has 0 saturated carbocycles. The lowest BCUT2D eigenvalue weighted by Crippen LogP contribution is -2.38. The van der Waals surface area contributed by atoms with Gasteiger partial charge in [0.15, 0.2) is 0 Å².